The van der Waals surface area contributed by atoms with Gasteiger partial charge in [0.15, 0.2) is 0 Å². The average molecular weight is 236 g/mol. The van der Waals surface area contributed by atoms with E-state index in [0.29, 0.717) is 21.6 Å². The van der Waals surface area contributed by atoms with Gasteiger partial charge in [0.2, 0.25) is 0 Å². The Morgan fingerprint density at radius 1 is 1.62 bits per heavy atom. The molecule has 4 nitrogen and oxygen atoms in total. The van der Waals surface area contributed by atoms with Gasteiger partial charge in [0.25, 0.3) is 0 Å². The number of methoxy groups -OCH3 is 1. The molecule has 0 unspecified atom stereocenters. The van der Waals surface area contributed by atoms with Crippen LogP contribution in [-0.2, 0) is 22.5 Å². The van der Waals surface area contributed by atoms with E-state index in [-0.39, 0.29) is 18.9 Å². The molecule has 2 N–H and O–H groups in total. The molecule has 84 valence electrons. The summed E-state index contributed by atoms with van der Waals surface area (Å²) in [6.07, 6.45) is 0.117. The van der Waals surface area contributed by atoms with E-state index in [1.54, 1.807) is 12.1 Å². The summed E-state index contributed by atoms with van der Waals surface area (Å²) in [6, 6.07) is 5.46. The Morgan fingerprint density at radius 3 is 2.81 bits per heavy atom. The van der Waals surface area contributed by atoms with Crippen molar-refractivity contribution >= 4 is 18.6 Å². The molecule has 0 radical (unpaired) electrons. The van der Waals surface area contributed by atoms with Gasteiger partial charge in [0.1, 0.15) is 6.07 Å². The van der Waals surface area contributed by atoms with Crippen molar-refractivity contribution < 1.29 is 9.53 Å². The van der Waals surface area contributed by atoms with Crippen molar-refractivity contribution in [2.45, 2.75) is 17.9 Å². The number of benzene rings is 1. The Morgan fingerprint density at radius 2 is 2.31 bits per heavy atom. The van der Waals surface area contributed by atoms with Gasteiger partial charge in [-0.2, -0.15) is 5.26 Å². The lowest BCUT2D eigenvalue weighted by Crippen LogP contribution is -2.11. The topological polar surface area (TPSA) is 76.1 Å². The third-order valence-electron chi connectivity index (χ3n) is 2.27. The van der Waals surface area contributed by atoms with E-state index in [4.69, 9.17) is 11.0 Å². The molecule has 0 saturated heterocycles. The molecule has 1 aromatic carbocycles. The number of rotatable bonds is 3. The minimum Gasteiger partial charge on any atom is -0.469 e. The number of esters is 1. The van der Waals surface area contributed by atoms with E-state index in [2.05, 4.69) is 17.4 Å². The molecule has 16 heavy (non-hydrogen) atoms. The first-order valence-electron chi connectivity index (χ1n) is 4.64. The first-order chi connectivity index (χ1) is 7.63. The maximum absolute atomic E-state index is 11.2. The zero-order chi connectivity index (χ0) is 12.1. The van der Waals surface area contributed by atoms with Gasteiger partial charge in [-0.3, -0.25) is 4.79 Å². The van der Waals surface area contributed by atoms with Crippen molar-refractivity contribution in [3.8, 4) is 6.07 Å². The molecule has 0 aliphatic heterocycles. The van der Waals surface area contributed by atoms with Crippen LogP contribution in [0.5, 0.6) is 0 Å². The van der Waals surface area contributed by atoms with Crippen LogP contribution in [0.15, 0.2) is 17.0 Å². The molecular formula is C11H12N2O2S. The maximum Gasteiger partial charge on any atom is 0.309 e. The molecule has 0 aliphatic carbocycles. The molecule has 0 fully saturated rings. The summed E-state index contributed by atoms with van der Waals surface area (Å²) >= 11 is 4.17. The summed E-state index contributed by atoms with van der Waals surface area (Å²) < 4.78 is 4.58. The number of hydrogen-bond acceptors (Lipinski definition) is 5. The molecule has 5 heteroatoms. The van der Waals surface area contributed by atoms with E-state index < -0.39 is 0 Å². The Balaban J connectivity index is 3.21. The van der Waals surface area contributed by atoms with Crippen molar-refractivity contribution in [2.75, 3.05) is 7.11 Å². The zero-order valence-corrected chi connectivity index (χ0v) is 9.75. The van der Waals surface area contributed by atoms with Crippen LogP contribution in [0.3, 0.4) is 0 Å². The fourth-order valence-electron chi connectivity index (χ4n) is 1.43. The first-order valence-corrected chi connectivity index (χ1v) is 5.09. The lowest BCUT2D eigenvalue weighted by molar-refractivity contribution is -0.139. The van der Waals surface area contributed by atoms with Crippen LogP contribution in [0.2, 0.25) is 0 Å². The van der Waals surface area contributed by atoms with Crippen LogP contribution >= 0.6 is 12.6 Å². The fourth-order valence-corrected chi connectivity index (χ4v) is 1.69. The molecule has 0 aliphatic rings. The van der Waals surface area contributed by atoms with Gasteiger partial charge in [0.05, 0.1) is 19.1 Å². The van der Waals surface area contributed by atoms with E-state index >= 15 is 0 Å². The van der Waals surface area contributed by atoms with Crippen LogP contribution in [-0.4, -0.2) is 13.1 Å². The van der Waals surface area contributed by atoms with Gasteiger partial charge in [-0.15, -0.1) is 12.6 Å². The number of ether oxygens (including phenoxy) is 1. The Hall–Kier alpha value is -1.51. The summed E-state index contributed by atoms with van der Waals surface area (Å²) in [5.41, 5.74) is 7.36. The summed E-state index contributed by atoms with van der Waals surface area (Å²) in [4.78, 5) is 11.7. The number of hydrogen-bond donors (Lipinski definition) is 2. The van der Waals surface area contributed by atoms with Crippen molar-refractivity contribution in [3.63, 3.8) is 0 Å². The number of nitrogens with zero attached hydrogens (tertiary/aromatic N) is 1. The molecule has 0 atom stereocenters. The predicted octanol–water partition coefficient (Wildman–Crippen LogP) is 1.02. The maximum atomic E-state index is 11.2. The second-order valence-electron chi connectivity index (χ2n) is 3.17. The van der Waals surface area contributed by atoms with E-state index in [1.165, 1.54) is 7.11 Å². The second-order valence-corrected chi connectivity index (χ2v) is 3.65. The standard InChI is InChI=1S/C11H12N2O2S/c1-15-11(14)4-7-2-3-10(16)9(6-13)8(7)5-12/h2-3,16H,4-5,12H2,1H3. The van der Waals surface area contributed by atoms with Crippen LogP contribution in [0, 0.1) is 11.3 Å². The van der Waals surface area contributed by atoms with Crippen LogP contribution in [0.1, 0.15) is 16.7 Å². The molecule has 1 rings (SSSR count). The van der Waals surface area contributed by atoms with Gasteiger partial charge in [-0.05, 0) is 17.2 Å². The minimum atomic E-state index is -0.356. The number of nitrogens with two attached hydrogens (primary N) is 1. The second kappa shape index (κ2) is 5.54. The highest BCUT2D eigenvalue weighted by molar-refractivity contribution is 7.80. The highest BCUT2D eigenvalue weighted by Gasteiger charge is 2.13. The summed E-state index contributed by atoms with van der Waals surface area (Å²) in [5.74, 6) is -0.356. The summed E-state index contributed by atoms with van der Waals surface area (Å²) in [7, 11) is 1.32. The normalized spacial score (nSPS) is 9.62. The van der Waals surface area contributed by atoms with Crippen molar-refractivity contribution in [1.29, 1.82) is 5.26 Å². The number of carbonyl (C=O) groups is 1. The third-order valence-corrected chi connectivity index (χ3v) is 2.64. The van der Waals surface area contributed by atoms with E-state index in [0.717, 1.165) is 0 Å². The first kappa shape index (κ1) is 12.6. The molecular weight excluding hydrogens is 224 g/mol. The number of carbonyl (C=O) groups excluding carboxylic acids is 1. The molecule has 0 bridgehead atoms. The highest BCUT2D eigenvalue weighted by Crippen LogP contribution is 2.22. The van der Waals surface area contributed by atoms with Gasteiger partial charge in [0, 0.05) is 11.4 Å². The monoisotopic (exact) mass is 236 g/mol. The highest BCUT2D eigenvalue weighted by atomic mass is 32.1. The van der Waals surface area contributed by atoms with Crippen LogP contribution in [0.25, 0.3) is 0 Å². The fraction of sp³-hybridized carbons (Fsp3) is 0.273. The van der Waals surface area contributed by atoms with Gasteiger partial charge in [-0.25, -0.2) is 0 Å². The molecule has 0 spiro atoms. The predicted molar refractivity (Wildman–Crippen MR) is 62.0 cm³/mol. The van der Waals surface area contributed by atoms with Crippen molar-refractivity contribution in [1.82, 2.24) is 0 Å². The molecule has 0 amide bonds. The quantitative estimate of drug-likeness (QED) is 0.607. The summed E-state index contributed by atoms with van der Waals surface area (Å²) in [5, 5.41) is 8.98. The lowest BCUT2D eigenvalue weighted by Gasteiger charge is -2.10. The molecule has 1 aromatic rings. The molecule has 0 aromatic heterocycles. The van der Waals surface area contributed by atoms with Crippen molar-refractivity contribution in [2.24, 2.45) is 5.73 Å². The average Bonchev–Trinajstić information content (AvgIpc) is 2.30. The van der Waals surface area contributed by atoms with Crippen molar-refractivity contribution in [3.05, 3.63) is 28.8 Å². The SMILES string of the molecule is COC(=O)Cc1ccc(S)c(C#N)c1CN. The van der Waals surface area contributed by atoms with E-state index in [1.807, 2.05) is 6.07 Å². The summed E-state index contributed by atoms with van der Waals surface area (Å²) in [6.45, 7) is 0.198. The lowest BCUT2D eigenvalue weighted by atomic mass is 9.99. The Kier molecular flexibility index (Phi) is 4.35. The van der Waals surface area contributed by atoms with Crippen LogP contribution < -0.4 is 5.73 Å². The third kappa shape index (κ3) is 2.54. The van der Waals surface area contributed by atoms with Gasteiger partial charge >= 0.3 is 5.97 Å². The Labute approximate surface area is 99.4 Å². The minimum absolute atomic E-state index is 0.117. The van der Waals surface area contributed by atoms with Gasteiger partial charge in [-0.1, -0.05) is 6.07 Å². The number of thiol groups is 1. The van der Waals surface area contributed by atoms with Crippen LogP contribution in [0.4, 0.5) is 0 Å². The van der Waals surface area contributed by atoms with Gasteiger partial charge < -0.3 is 10.5 Å². The largest absolute Gasteiger partial charge is 0.469 e. The number of nitriles is 1. The molecule has 0 heterocycles. The van der Waals surface area contributed by atoms with E-state index in [9.17, 15) is 4.79 Å². The molecule has 0 saturated carbocycles. The zero-order valence-electron chi connectivity index (χ0n) is 8.86. The Bertz CT molecular complexity index is 452. The smallest absolute Gasteiger partial charge is 0.309 e.